The lowest BCUT2D eigenvalue weighted by atomic mass is 10.1. The highest BCUT2D eigenvalue weighted by molar-refractivity contribution is 5.67. The van der Waals surface area contributed by atoms with Crippen molar-refractivity contribution in [3.05, 3.63) is 60.2 Å². The van der Waals surface area contributed by atoms with E-state index in [0.29, 0.717) is 0 Å². The minimum Gasteiger partial charge on any atom is -0.497 e. The van der Waals surface area contributed by atoms with Crippen molar-refractivity contribution in [1.29, 1.82) is 0 Å². The van der Waals surface area contributed by atoms with Crippen LogP contribution in [0.25, 0.3) is 22.6 Å². The van der Waals surface area contributed by atoms with Crippen molar-refractivity contribution < 1.29 is 9.26 Å². The lowest BCUT2D eigenvalue weighted by Gasteiger charge is -1.99. The van der Waals surface area contributed by atoms with Gasteiger partial charge in [0, 0.05) is 17.2 Å². The molecule has 0 bridgehead atoms. The summed E-state index contributed by atoms with van der Waals surface area (Å²) >= 11 is 0. The molecule has 3 heteroatoms. The third-order valence-corrected chi connectivity index (χ3v) is 3.23. The van der Waals surface area contributed by atoms with Crippen LogP contribution < -0.4 is 4.74 Å². The second-order valence-electron chi connectivity index (χ2n) is 4.67. The summed E-state index contributed by atoms with van der Waals surface area (Å²) in [7, 11) is 1.65. The van der Waals surface area contributed by atoms with Gasteiger partial charge in [0.05, 0.1) is 7.11 Å². The first-order valence-corrected chi connectivity index (χ1v) is 6.44. The Balaban J connectivity index is 1.91. The Morgan fingerprint density at radius 2 is 1.55 bits per heavy atom. The van der Waals surface area contributed by atoms with Gasteiger partial charge in [0.1, 0.15) is 11.4 Å². The number of aryl methyl sites for hydroxylation is 1. The Hall–Kier alpha value is -2.55. The SMILES string of the molecule is COc1ccc(-c2cc(-c3ccc(C)cc3)no2)cc1. The van der Waals surface area contributed by atoms with Crippen molar-refractivity contribution in [2.24, 2.45) is 0 Å². The maximum atomic E-state index is 5.42. The lowest BCUT2D eigenvalue weighted by Crippen LogP contribution is -1.81. The summed E-state index contributed by atoms with van der Waals surface area (Å²) in [5.74, 6) is 1.58. The molecule has 0 spiro atoms. The van der Waals surface area contributed by atoms with Gasteiger partial charge in [-0.2, -0.15) is 0 Å². The van der Waals surface area contributed by atoms with Crippen LogP contribution in [-0.2, 0) is 0 Å². The summed E-state index contributed by atoms with van der Waals surface area (Å²) in [4.78, 5) is 0. The predicted octanol–water partition coefficient (Wildman–Crippen LogP) is 4.33. The van der Waals surface area contributed by atoms with E-state index in [9.17, 15) is 0 Å². The minimum atomic E-state index is 0.753. The molecule has 0 fully saturated rings. The third kappa shape index (κ3) is 2.43. The van der Waals surface area contributed by atoms with Crippen molar-refractivity contribution in [2.45, 2.75) is 6.92 Å². The molecule has 0 N–H and O–H groups in total. The summed E-state index contributed by atoms with van der Waals surface area (Å²) < 4.78 is 10.6. The molecule has 0 saturated heterocycles. The van der Waals surface area contributed by atoms with E-state index in [1.807, 2.05) is 42.5 Å². The van der Waals surface area contributed by atoms with Gasteiger partial charge < -0.3 is 9.26 Å². The minimum absolute atomic E-state index is 0.753. The van der Waals surface area contributed by atoms with Crippen molar-refractivity contribution in [2.75, 3.05) is 7.11 Å². The Kier molecular flexibility index (Phi) is 3.25. The Labute approximate surface area is 117 Å². The molecular weight excluding hydrogens is 250 g/mol. The highest BCUT2D eigenvalue weighted by atomic mass is 16.5. The molecule has 0 radical (unpaired) electrons. The topological polar surface area (TPSA) is 35.3 Å². The third-order valence-electron chi connectivity index (χ3n) is 3.23. The molecule has 20 heavy (non-hydrogen) atoms. The van der Waals surface area contributed by atoms with Crippen LogP contribution in [0.3, 0.4) is 0 Å². The standard InChI is InChI=1S/C17H15NO2/c1-12-3-5-13(6-4-12)16-11-17(20-18-16)14-7-9-15(19-2)10-8-14/h3-11H,1-2H3. The smallest absolute Gasteiger partial charge is 0.167 e. The number of rotatable bonds is 3. The fourth-order valence-electron chi connectivity index (χ4n) is 2.03. The van der Waals surface area contributed by atoms with Gasteiger partial charge in [-0.3, -0.25) is 0 Å². The van der Waals surface area contributed by atoms with E-state index < -0.39 is 0 Å². The zero-order valence-corrected chi connectivity index (χ0v) is 11.5. The molecule has 0 aliphatic heterocycles. The molecule has 0 aliphatic rings. The van der Waals surface area contributed by atoms with E-state index in [-0.39, 0.29) is 0 Å². The van der Waals surface area contributed by atoms with E-state index in [2.05, 4.69) is 24.2 Å². The van der Waals surface area contributed by atoms with Gasteiger partial charge in [0.25, 0.3) is 0 Å². The first-order chi connectivity index (χ1) is 9.76. The number of hydrogen-bond acceptors (Lipinski definition) is 3. The molecule has 1 aromatic heterocycles. The van der Waals surface area contributed by atoms with Crippen LogP contribution in [0, 0.1) is 6.92 Å². The average Bonchev–Trinajstić information content (AvgIpc) is 2.98. The highest BCUT2D eigenvalue weighted by Gasteiger charge is 2.08. The summed E-state index contributed by atoms with van der Waals surface area (Å²) in [6.07, 6.45) is 0. The van der Waals surface area contributed by atoms with Gasteiger partial charge in [-0.05, 0) is 31.2 Å². The van der Waals surface area contributed by atoms with Crippen LogP contribution in [0.15, 0.2) is 59.1 Å². The fourth-order valence-corrected chi connectivity index (χ4v) is 2.03. The Morgan fingerprint density at radius 3 is 2.20 bits per heavy atom. The molecule has 1 heterocycles. The van der Waals surface area contributed by atoms with Crippen LogP contribution >= 0.6 is 0 Å². The molecule has 0 atom stereocenters. The number of methoxy groups -OCH3 is 1. The number of aromatic nitrogens is 1. The molecule has 0 amide bonds. The van der Waals surface area contributed by atoms with Crippen molar-refractivity contribution >= 4 is 0 Å². The van der Waals surface area contributed by atoms with Crippen LogP contribution in [0.1, 0.15) is 5.56 Å². The Morgan fingerprint density at radius 1 is 0.900 bits per heavy atom. The number of hydrogen-bond donors (Lipinski definition) is 0. The van der Waals surface area contributed by atoms with Gasteiger partial charge in [-0.1, -0.05) is 35.0 Å². The summed E-state index contributed by atoms with van der Waals surface area (Å²) in [5, 5.41) is 4.13. The molecule has 3 nitrogen and oxygen atoms in total. The summed E-state index contributed by atoms with van der Waals surface area (Å²) in [5.41, 5.74) is 4.11. The van der Waals surface area contributed by atoms with E-state index in [0.717, 1.165) is 28.3 Å². The number of ether oxygens (including phenoxy) is 1. The molecule has 3 rings (SSSR count). The van der Waals surface area contributed by atoms with Crippen LogP contribution in [0.2, 0.25) is 0 Å². The van der Waals surface area contributed by atoms with E-state index in [1.54, 1.807) is 7.11 Å². The molecular formula is C17H15NO2. The van der Waals surface area contributed by atoms with Crippen LogP contribution in [0.5, 0.6) is 5.75 Å². The molecule has 0 unspecified atom stereocenters. The van der Waals surface area contributed by atoms with E-state index >= 15 is 0 Å². The van der Waals surface area contributed by atoms with Crippen molar-refractivity contribution in [1.82, 2.24) is 5.16 Å². The quantitative estimate of drug-likeness (QED) is 0.707. The molecule has 3 aromatic rings. The summed E-state index contributed by atoms with van der Waals surface area (Å²) in [6, 6.07) is 17.9. The zero-order chi connectivity index (χ0) is 13.9. The predicted molar refractivity (Wildman–Crippen MR) is 78.7 cm³/mol. The zero-order valence-electron chi connectivity index (χ0n) is 11.5. The number of nitrogens with zero attached hydrogens (tertiary/aromatic N) is 1. The number of benzene rings is 2. The van der Waals surface area contributed by atoms with Crippen molar-refractivity contribution in [3.8, 4) is 28.3 Å². The van der Waals surface area contributed by atoms with Crippen LogP contribution in [-0.4, -0.2) is 12.3 Å². The molecule has 0 saturated carbocycles. The highest BCUT2D eigenvalue weighted by Crippen LogP contribution is 2.27. The fraction of sp³-hybridized carbons (Fsp3) is 0.118. The summed E-state index contributed by atoms with van der Waals surface area (Å²) in [6.45, 7) is 2.06. The van der Waals surface area contributed by atoms with Gasteiger partial charge >= 0.3 is 0 Å². The van der Waals surface area contributed by atoms with E-state index in [4.69, 9.17) is 9.26 Å². The van der Waals surface area contributed by atoms with Gasteiger partial charge in [-0.15, -0.1) is 0 Å². The maximum Gasteiger partial charge on any atom is 0.167 e. The monoisotopic (exact) mass is 265 g/mol. The van der Waals surface area contributed by atoms with Gasteiger partial charge in [0.2, 0.25) is 0 Å². The van der Waals surface area contributed by atoms with Gasteiger partial charge in [0.15, 0.2) is 5.76 Å². The Bertz CT molecular complexity index is 697. The second-order valence-corrected chi connectivity index (χ2v) is 4.67. The normalized spacial score (nSPS) is 10.5. The van der Waals surface area contributed by atoms with Crippen molar-refractivity contribution in [3.63, 3.8) is 0 Å². The average molecular weight is 265 g/mol. The molecule has 2 aromatic carbocycles. The maximum absolute atomic E-state index is 5.42. The van der Waals surface area contributed by atoms with Gasteiger partial charge in [-0.25, -0.2) is 0 Å². The molecule has 0 aliphatic carbocycles. The largest absolute Gasteiger partial charge is 0.497 e. The van der Waals surface area contributed by atoms with Crippen LogP contribution in [0.4, 0.5) is 0 Å². The molecule has 100 valence electrons. The first kappa shape index (κ1) is 12.5. The second kappa shape index (κ2) is 5.21. The first-order valence-electron chi connectivity index (χ1n) is 6.44. The lowest BCUT2D eigenvalue weighted by molar-refractivity contribution is 0.414. The van der Waals surface area contributed by atoms with E-state index in [1.165, 1.54) is 5.56 Å².